The molecule has 0 atom stereocenters. The number of amides is 1. The van der Waals surface area contributed by atoms with Crippen LogP contribution in [0.25, 0.3) is 0 Å². The van der Waals surface area contributed by atoms with Gasteiger partial charge in [0, 0.05) is 32.7 Å². The van der Waals surface area contributed by atoms with Crippen LogP contribution >= 0.6 is 35.6 Å². The smallest absolute Gasteiger partial charge is 0.227 e. The van der Waals surface area contributed by atoms with E-state index >= 15 is 0 Å². The zero-order chi connectivity index (χ0) is 18.2. The third-order valence-corrected chi connectivity index (χ3v) is 3.86. The lowest BCUT2D eigenvalue weighted by Gasteiger charge is -2.27. The van der Waals surface area contributed by atoms with Crippen molar-refractivity contribution in [2.45, 2.75) is 13.8 Å². The van der Waals surface area contributed by atoms with Gasteiger partial charge in [-0.3, -0.25) is 9.79 Å². The number of hydrogen-bond acceptors (Lipinski definition) is 3. The summed E-state index contributed by atoms with van der Waals surface area (Å²) in [4.78, 5) is 18.0. The summed E-state index contributed by atoms with van der Waals surface area (Å²) in [6.45, 7) is 5.42. The van der Waals surface area contributed by atoms with Crippen molar-refractivity contribution in [3.8, 4) is 5.75 Å². The summed E-state index contributed by atoms with van der Waals surface area (Å²) in [6.07, 6.45) is 0. The van der Waals surface area contributed by atoms with Gasteiger partial charge in [-0.05, 0) is 38.1 Å². The van der Waals surface area contributed by atoms with Crippen LogP contribution in [0.1, 0.15) is 13.8 Å². The first kappa shape index (κ1) is 23.8. The Morgan fingerprint density at radius 2 is 1.92 bits per heavy atom. The lowest BCUT2D eigenvalue weighted by Crippen LogP contribution is -2.48. The Bertz CT molecular complexity index is 564. The molecule has 0 radical (unpaired) electrons. The third kappa shape index (κ3) is 8.13. The van der Waals surface area contributed by atoms with E-state index in [1.54, 1.807) is 26.2 Å². The number of aliphatic imine (C=N–C) groups is 1. The zero-order valence-electron chi connectivity index (χ0n) is 15.4. The summed E-state index contributed by atoms with van der Waals surface area (Å²) in [5.41, 5.74) is -0.522. The van der Waals surface area contributed by atoms with Crippen LogP contribution in [0.5, 0.6) is 5.75 Å². The van der Waals surface area contributed by atoms with Crippen LogP contribution < -0.4 is 15.4 Å². The van der Waals surface area contributed by atoms with Gasteiger partial charge in [-0.2, -0.15) is 0 Å². The predicted molar refractivity (Wildman–Crippen MR) is 114 cm³/mol. The lowest BCUT2D eigenvalue weighted by molar-refractivity contribution is -0.128. The number of rotatable bonds is 7. The van der Waals surface area contributed by atoms with E-state index < -0.39 is 5.41 Å². The van der Waals surface area contributed by atoms with Crippen molar-refractivity contribution in [3.05, 3.63) is 29.3 Å². The van der Waals surface area contributed by atoms with Gasteiger partial charge in [-0.1, -0.05) is 11.6 Å². The van der Waals surface area contributed by atoms with E-state index in [0.29, 0.717) is 30.7 Å². The Morgan fingerprint density at radius 1 is 1.32 bits per heavy atom. The maximum atomic E-state index is 11.8. The molecule has 1 amide bonds. The van der Waals surface area contributed by atoms with Crippen molar-refractivity contribution in [2.75, 3.05) is 40.8 Å². The molecule has 142 valence electrons. The van der Waals surface area contributed by atoms with Gasteiger partial charge in [-0.15, -0.1) is 24.0 Å². The van der Waals surface area contributed by atoms with Crippen LogP contribution in [0.2, 0.25) is 5.02 Å². The largest absolute Gasteiger partial charge is 0.492 e. The molecule has 0 aliphatic carbocycles. The molecule has 0 aliphatic rings. The highest BCUT2D eigenvalue weighted by molar-refractivity contribution is 14.0. The number of halogens is 2. The average molecular weight is 483 g/mol. The first-order valence-electron chi connectivity index (χ1n) is 7.82. The fraction of sp³-hybridized carbons (Fsp3) is 0.529. The second kappa shape index (κ2) is 11.4. The SMILES string of the molecule is CN=C(NCC(C)(C)C(=O)NC)N(C)CCOc1ccc(Cl)cc1.I. The molecule has 0 saturated carbocycles. The molecule has 0 spiro atoms. The van der Waals surface area contributed by atoms with Crippen LogP contribution in [0.3, 0.4) is 0 Å². The zero-order valence-corrected chi connectivity index (χ0v) is 18.5. The first-order valence-corrected chi connectivity index (χ1v) is 8.20. The van der Waals surface area contributed by atoms with Gasteiger partial charge in [0.25, 0.3) is 0 Å². The number of likely N-dealkylation sites (N-methyl/N-ethyl adjacent to an activating group) is 1. The van der Waals surface area contributed by atoms with Crippen LogP contribution in [0.15, 0.2) is 29.3 Å². The number of guanidine groups is 1. The summed E-state index contributed by atoms with van der Waals surface area (Å²) in [6, 6.07) is 7.26. The molecule has 0 bridgehead atoms. The van der Waals surface area contributed by atoms with Gasteiger partial charge >= 0.3 is 0 Å². The molecule has 6 nitrogen and oxygen atoms in total. The lowest BCUT2D eigenvalue weighted by atomic mass is 9.92. The molecule has 1 rings (SSSR count). The van der Waals surface area contributed by atoms with Gasteiger partial charge < -0.3 is 20.3 Å². The molecular formula is C17H28ClIN4O2. The number of benzene rings is 1. The summed E-state index contributed by atoms with van der Waals surface area (Å²) >= 11 is 5.84. The van der Waals surface area contributed by atoms with Gasteiger partial charge in [0.1, 0.15) is 12.4 Å². The van der Waals surface area contributed by atoms with E-state index in [0.717, 1.165) is 5.75 Å². The third-order valence-electron chi connectivity index (χ3n) is 3.61. The maximum absolute atomic E-state index is 11.8. The average Bonchev–Trinajstić information content (AvgIpc) is 2.56. The predicted octanol–water partition coefficient (Wildman–Crippen LogP) is 2.62. The number of hydrogen-bond donors (Lipinski definition) is 2. The molecule has 0 unspecified atom stereocenters. The van der Waals surface area contributed by atoms with E-state index in [-0.39, 0.29) is 29.9 Å². The van der Waals surface area contributed by atoms with Crippen LogP contribution in [-0.4, -0.2) is 57.6 Å². The van der Waals surface area contributed by atoms with Gasteiger partial charge in [0.2, 0.25) is 5.91 Å². The summed E-state index contributed by atoms with van der Waals surface area (Å²) in [7, 11) is 5.28. The molecule has 1 aromatic rings. The van der Waals surface area contributed by atoms with Crippen molar-refractivity contribution >= 4 is 47.4 Å². The molecular weight excluding hydrogens is 455 g/mol. The highest BCUT2D eigenvalue weighted by Crippen LogP contribution is 2.15. The minimum atomic E-state index is -0.522. The number of nitrogens with one attached hydrogen (secondary N) is 2. The molecule has 0 aromatic heterocycles. The molecule has 1 aromatic carbocycles. The van der Waals surface area contributed by atoms with Crippen molar-refractivity contribution < 1.29 is 9.53 Å². The monoisotopic (exact) mass is 482 g/mol. The Labute approximate surface area is 172 Å². The van der Waals surface area contributed by atoms with Crippen LogP contribution in [0, 0.1) is 5.41 Å². The van der Waals surface area contributed by atoms with Gasteiger partial charge in [0.15, 0.2) is 5.96 Å². The molecule has 0 heterocycles. The highest BCUT2D eigenvalue weighted by Gasteiger charge is 2.27. The van der Waals surface area contributed by atoms with E-state index in [1.807, 2.05) is 37.9 Å². The van der Waals surface area contributed by atoms with Crippen molar-refractivity contribution in [1.82, 2.24) is 15.5 Å². The fourth-order valence-corrected chi connectivity index (χ4v) is 2.17. The Hall–Kier alpha value is -1.22. The van der Waals surface area contributed by atoms with E-state index in [4.69, 9.17) is 16.3 Å². The molecule has 0 aliphatic heterocycles. The highest BCUT2D eigenvalue weighted by atomic mass is 127. The van der Waals surface area contributed by atoms with Crippen LogP contribution in [-0.2, 0) is 4.79 Å². The molecule has 0 saturated heterocycles. The first-order chi connectivity index (χ1) is 11.3. The van der Waals surface area contributed by atoms with Gasteiger partial charge in [-0.25, -0.2) is 0 Å². The minimum absolute atomic E-state index is 0. The van der Waals surface area contributed by atoms with Crippen LogP contribution in [0.4, 0.5) is 0 Å². The number of carbonyl (C=O) groups excluding carboxylic acids is 1. The Morgan fingerprint density at radius 3 is 2.44 bits per heavy atom. The molecule has 0 fully saturated rings. The molecule has 2 N–H and O–H groups in total. The van der Waals surface area contributed by atoms with Gasteiger partial charge in [0.05, 0.1) is 12.0 Å². The molecule has 8 heteroatoms. The second-order valence-electron chi connectivity index (χ2n) is 6.09. The maximum Gasteiger partial charge on any atom is 0.227 e. The fourth-order valence-electron chi connectivity index (χ4n) is 2.04. The minimum Gasteiger partial charge on any atom is -0.492 e. The van der Waals surface area contributed by atoms with Crippen molar-refractivity contribution in [1.29, 1.82) is 0 Å². The normalized spacial score (nSPS) is 11.4. The topological polar surface area (TPSA) is 66.0 Å². The van der Waals surface area contributed by atoms with E-state index in [1.165, 1.54) is 0 Å². The number of nitrogens with zero attached hydrogens (tertiary/aromatic N) is 2. The standard InChI is InChI=1S/C17H27ClN4O2.HI/c1-17(2,15(23)19-3)12-21-16(20-4)22(5)10-11-24-14-8-6-13(18)7-9-14;/h6-9H,10-12H2,1-5H3,(H,19,23)(H,20,21);1H. The summed E-state index contributed by atoms with van der Waals surface area (Å²) in [5.74, 6) is 1.47. The van der Waals surface area contributed by atoms with E-state index in [2.05, 4.69) is 15.6 Å². The van der Waals surface area contributed by atoms with E-state index in [9.17, 15) is 4.79 Å². The Balaban J connectivity index is 0.00000576. The summed E-state index contributed by atoms with van der Waals surface area (Å²) < 4.78 is 5.68. The van der Waals surface area contributed by atoms with Crippen molar-refractivity contribution in [2.24, 2.45) is 10.4 Å². The number of carbonyl (C=O) groups is 1. The second-order valence-corrected chi connectivity index (χ2v) is 6.52. The summed E-state index contributed by atoms with van der Waals surface area (Å²) in [5, 5.41) is 6.58. The Kier molecular flexibility index (Phi) is 10.8. The quantitative estimate of drug-likeness (QED) is 0.356. The van der Waals surface area contributed by atoms with Crippen molar-refractivity contribution in [3.63, 3.8) is 0 Å². The number of ether oxygens (including phenoxy) is 1. The molecule has 25 heavy (non-hydrogen) atoms.